The highest BCUT2D eigenvalue weighted by atomic mass is 79.9. The van der Waals surface area contributed by atoms with Crippen molar-refractivity contribution in [1.29, 1.82) is 0 Å². The van der Waals surface area contributed by atoms with Gasteiger partial charge in [0, 0.05) is 9.50 Å². The molecule has 5 heteroatoms. The van der Waals surface area contributed by atoms with Gasteiger partial charge in [-0.15, -0.1) is 12.4 Å². The van der Waals surface area contributed by atoms with Crippen molar-refractivity contribution in [3.8, 4) is 0 Å². The van der Waals surface area contributed by atoms with Gasteiger partial charge >= 0.3 is 0 Å². The van der Waals surface area contributed by atoms with Gasteiger partial charge in [0.25, 0.3) is 0 Å². The zero-order valence-electron chi connectivity index (χ0n) is 7.58. The summed E-state index contributed by atoms with van der Waals surface area (Å²) in [5.74, 6) is 0. The molecule has 2 atom stereocenters. The van der Waals surface area contributed by atoms with Crippen LogP contribution >= 0.6 is 39.9 Å². The molecule has 0 saturated heterocycles. The minimum absolute atomic E-state index is 0. The molecule has 0 bridgehead atoms. The highest BCUT2D eigenvalue weighted by Crippen LogP contribution is 2.26. The monoisotopic (exact) mass is 299 g/mol. The minimum atomic E-state index is -0.605. The first-order chi connectivity index (χ1) is 6.02. The zero-order chi connectivity index (χ0) is 10.0. The number of aliphatic hydroxyl groups is 1. The van der Waals surface area contributed by atoms with Crippen LogP contribution in [0.1, 0.15) is 18.5 Å². The van der Waals surface area contributed by atoms with Gasteiger partial charge in [0.1, 0.15) is 0 Å². The standard InChI is InChI=1S/C9H11BrClNO.ClH/c1-5(13)9(12)7-4-6(10)2-3-8(7)11;/h2-5,9,13H,12H2,1H3;1H/t5-,9-;/m0./s1. The molecule has 0 aliphatic rings. The number of halogens is 3. The van der Waals surface area contributed by atoms with Crippen LogP contribution in [0.15, 0.2) is 22.7 Å². The Morgan fingerprint density at radius 2 is 2.07 bits per heavy atom. The number of hydrogen-bond donors (Lipinski definition) is 2. The van der Waals surface area contributed by atoms with E-state index in [1.165, 1.54) is 0 Å². The van der Waals surface area contributed by atoms with Crippen LogP contribution in [0.2, 0.25) is 5.02 Å². The lowest BCUT2D eigenvalue weighted by atomic mass is 10.0. The SMILES string of the molecule is C[C@H](O)[C@H](N)c1cc(Br)ccc1Cl.Cl. The predicted molar refractivity (Wildman–Crippen MR) is 65.0 cm³/mol. The van der Waals surface area contributed by atoms with E-state index < -0.39 is 12.1 Å². The second kappa shape index (κ2) is 5.93. The molecule has 0 saturated carbocycles. The second-order valence-electron chi connectivity index (χ2n) is 2.93. The van der Waals surface area contributed by atoms with Gasteiger partial charge in [0.15, 0.2) is 0 Å². The smallest absolute Gasteiger partial charge is 0.0705 e. The van der Waals surface area contributed by atoms with Gasteiger partial charge in [-0.3, -0.25) is 0 Å². The maximum absolute atomic E-state index is 9.29. The van der Waals surface area contributed by atoms with Gasteiger partial charge in [0.05, 0.1) is 12.1 Å². The van der Waals surface area contributed by atoms with Gasteiger partial charge in [-0.1, -0.05) is 27.5 Å². The fraction of sp³-hybridized carbons (Fsp3) is 0.333. The summed E-state index contributed by atoms with van der Waals surface area (Å²) in [6.07, 6.45) is -0.605. The molecule has 14 heavy (non-hydrogen) atoms. The van der Waals surface area contributed by atoms with Crippen LogP contribution in [-0.4, -0.2) is 11.2 Å². The summed E-state index contributed by atoms with van der Waals surface area (Å²) >= 11 is 9.24. The molecule has 0 heterocycles. The Bertz CT molecular complexity index is 307. The van der Waals surface area contributed by atoms with Crippen molar-refractivity contribution in [2.24, 2.45) is 5.73 Å². The molecule has 80 valence electrons. The minimum Gasteiger partial charge on any atom is -0.391 e. The Morgan fingerprint density at radius 3 is 2.57 bits per heavy atom. The van der Waals surface area contributed by atoms with E-state index in [1.54, 1.807) is 13.0 Å². The third-order valence-corrected chi connectivity index (χ3v) is 2.67. The predicted octanol–water partition coefficient (Wildman–Crippen LogP) is 2.90. The lowest BCUT2D eigenvalue weighted by Gasteiger charge is -2.16. The van der Waals surface area contributed by atoms with Gasteiger partial charge in [-0.2, -0.15) is 0 Å². The number of benzene rings is 1. The molecule has 0 unspecified atom stereocenters. The highest BCUT2D eigenvalue weighted by molar-refractivity contribution is 9.10. The summed E-state index contributed by atoms with van der Waals surface area (Å²) in [5.41, 5.74) is 6.51. The zero-order valence-corrected chi connectivity index (χ0v) is 10.7. The molecular formula is C9H12BrCl2NO. The van der Waals surface area contributed by atoms with Crippen LogP contribution in [0, 0.1) is 0 Å². The van der Waals surface area contributed by atoms with Crippen LogP contribution < -0.4 is 5.73 Å². The number of hydrogen-bond acceptors (Lipinski definition) is 2. The molecule has 0 aliphatic heterocycles. The van der Waals surface area contributed by atoms with Crippen LogP contribution in [-0.2, 0) is 0 Å². The van der Waals surface area contributed by atoms with Crippen molar-refractivity contribution in [2.75, 3.05) is 0 Å². The molecule has 1 rings (SSSR count). The lowest BCUT2D eigenvalue weighted by Crippen LogP contribution is -2.23. The van der Waals surface area contributed by atoms with Crippen LogP contribution in [0.4, 0.5) is 0 Å². The maximum Gasteiger partial charge on any atom is 0.0705 e. The summed E-state index contributed by atoms with van der Waals surface area (Å²) in [6.45, 7) is 1.64. The van der Waals surface area contributed by atoms with Crippen LogP contribution in [0.5, 0.6) is 0 Å². The number of aliphatic hydroxyl groups excluding tert-OH is 1. The molecule has 2 nitrogen and oxygen atoms in total. The number of nitrogens with two attached hydrogens (primary N) is 1. The molecule has 0 aliphatic carbocycles. The third-order valence-electron chi connectivity index (χ3n) is 1.84. The topological polar surface area (TPSA) is 46.2 Å². The van der Waals surface area contributed by atoms with Gasteiger partial charge in [0.2, 0.25) is 0 Å². The molecular weight excluding hydrogens is 289 g/mol. The Morgan fingerprint density at radius 1 is 1.50 bits per heavy atom. The van der Waals surface area contributed by atoms with Gasteiger partial charge in [-0.25, -0.2) is 0 Å². The molecule has 1 aromatic rings. The summed E-state index contributed by atoms with van der Waals surface area (Å²) < 4.78 is 0.906. The van der Waals surface area contributed by atoms with Crippen molar-refractivity contribution in [1.82, 2.24) is 0 Å². The van der Waals surface area contributed by atoms with E-state index in [-0.39, 0.29) is 12.4 Å². The van der Waals surface area contributed by atoms with E-state index >= 15 is 0 Å². The average Bonchev–Trinajstić information content (AvgIpc) is 2.08. The van der Waals surface area contributed by atoms with E-state index in [2.05, 4.69) is 15.9 Å². The Hall–Kier alpha value is 0.200. The lowest BCUT2D eigenvalue weighted by molar-refractivity contribution is 0.164. The molecule has 0 fully saturated rings. The summed E-state index contributed by atoms with van der Waals surface area (Å²) in [7, 11) is 0. The van der Waals surface area contributed by atoms with E-state index in [9.17, 15) is 5.11 Å². The Labute approximate surface area is 103 Å². The van der Waals surface area contributed by atoms with Crippen molar-refractivity contribution in [3.05, 3.63) is 33.3 Å². The van der Waals surface area contributed by atoms with E-state index in [1.807, 2.05) is 12.1 Å². The first-order valence-electron chi connectivity index (χ1n) is 3.91. The van der Waals surface area contributed by atoms with Crippen molar-refractivity contribution in [3.63, 3.8) is 0 Å². The molecule has 0 radical (unpaired) electrons. The first-order valence-corrected chi connectivity index (χ1v) is 5.08. The molecule has 1 aromatic carbocycles. The van der Waals surface area contributed by atoms with Crippen molar-refractivity contribution >= 4 is 39.9 Å². The van der Waals surface area contributed by atoms with E-state index in [4.69, 9.17) is 17.3 Å². The summed E-state index contributed by atoms with van der Waals surface area (Å²) in [6, 6.07) is 4.97. The Kier molecular flexibility index (Phi) is 6.02. The third kappa shape index (κ3) is 3.41. The molecule has 3 N–H and O–H groups in total. The Balaban J connectivity index is 0.00000169. The first kappa shape index (κ1) is 14.2. The molecule has 0 amide bonds. The largest absolute Gasteiger partial charge is 0.391 e. The normalized spacial score (nSPS) is 14.4. The molecule has 0 spiro atoms. The quantitative estimate of drug-likeness (QED) is 0.882. The molecule has 0 aromatic heterocycles. The fourth-order valence-corrected chi connectivity index (χ4v) is 1.65. The maximum atomic E-state index is 9.29. The van der Waals surface area contributed by atoms with Crippen molar-refractivity contribution in [2.45, 2.75) is 19.1 Å². The summed E-state index contributed by atoms with van der Waals surface area (Å²) in [4.78, 5) is 0. The van der Waals surface area contributed by atoms with E-state index in [0.29, 0.717) is 5.02 Å². The van der Waals surface area contributed by atoms with Crippen LogP contribution in [0.3, 0.4) is 0 Å². The van der Waals surface area contributed by atoms with Gasteiger partial charge < -0.3 is 10.8 Å². The van der Waals surface area contributed by atoms with E-state index in [0.717, 1.165) is 10.0 Å². The fourth-order valence-electron chi connectivity index (χ4n) is 1.03. The number of rotatable bonds is 2. The van der Waals surface area contributed by atoms with Crippen molar-refractivity contribution < 1.29 is 5.11 Å². The summed E-state index contributed by atoms with van der Waals surface area (Å²) in [5, 5.41) is 9.87. The van der Waals surface area contributed by atoms with Gasteiger partial charge in [-0.05, 0) is 30.7 Å². The highest BCUT2D eigenvalue weighted by Gasteiger charge is 2.15. The van der Waals surface area contributed by atoms with Crippen LogP contribution in [0.25, 0.3) is 0 Å². The second-order valence-corrected chi connectivity index (χ2v) is 4.26. The average molecular weight is 301 g/mol.